The first-order chi connectivity index (χ1) is 39.1. The van der Waals surface area contributed by atoms with Gasteiger partial charge in [-0.05, 0) is 127 Å². The summed E-state index contributed by atoms with van der Waals surface area (Å²) < 4.78 is 56.4. The normalized spacial score (nSPS) is 21.6. The summed E-state index contributed by atoms with van der Waals surface area (Å²) in [5.41, 5.74) is 2.39. The molecule has 2 heterocycles. The maximum Gasteiger partial charge on any atom is 0.251 e. The van der Waals surface area contributed by atoms with Gasteiger partial charge < -0.3 is 41.7 Å². The first kappa shape index (κ1) is 63.8. The molecule has 3 aromatic rings. The molecular formula is C60H88N10O10S2. The van der Waals surface area contributed by atoms with E-state index in [1.807, 2.05) is 60.7 Å². The van der Waals surface area contributed by atoms with Crippen molar-refractivity contribution in [1.29, 1.82) is 0 Å². The molecule has 82 heavy (non-hydrogen) atoms. The van der Waals surface area contributed by atoms with Crippen molar-refractivity contribution in [2.75, 3.05) is 65.9 Å². The lowest BCUT2D eigenvalue weighted by atomic mass is 9.83. The average Bonchev–Trinajstić information content (AvgIpc) is 4.22. The van der Waals surface area contributed by atoms with Crippen LogP contribution in [0.3, 0.4) is 0 Å². The number of sulfonamides is 2. The predicted octanol–water partition coefficient (Wildman–Crippen LogP) is 3.44. The van der Waals surface area contributed by atoms with Gasteiger partial charge in [-0.25, -0.2) is 16.8 Å². The summed E-state index contributed by atoms with van der Waals surface area (Å²) in [6, 6.07) is 19.9. The van der Waals surface area contributed by atoms with Crippen LogP contribution in [0.2, 0.25) is 0 Å². The minimum atomic E-state index is -3.75. The lowest BCUT2D eigenvalue weighted by Crippen LogP contribution is -2.57. The van der Waals surface area contributed by atoms with Crippen molar-refractivity contribution in [3.05, 3.63) is 107 Å². The molecule has 2 aliphatic heterocycles. The number of hydrogen-bond donors (Lipinski definition) is 6. The molecule has 7 rings (SSSR count). The summed E-state index contributed by atoms with van der Waals surface area (Å²) >= 11 is 0. The van der Waals surface area contributed by atoms with E-state index in [1.54, 1.807) is 37.7 Å². The minimum Gasteiger partial charge on any atom is -0.347 e. The quantitative estimate of drug-likeness (QED) is 0.0677. The third kappa shape index (κ3) is 17.6. The summed E-state index contributed by atoms with van der Waals surface area (Å²) in [5, 5.41) is 18.1. The molecule has 3 aromatic carbocycles. The molecule has 4 fully saturated rings. The van der Waals surface area contributed by atoms with E-state index in [1.165, 1.54) is 32.9 Å². The second-order valence-corrected chi connectivity index (χ2v) is 27.1. The Labute approximate surface area is 486 Å². The van der Waals surface area contributed by atoms with Gasteiger partial charge in [0.05, 0.1) is 24.6 Å². The Morgan fingerprint density at radius 1 is 0.524 bits per heavy atom. The van der Waals surface area contributed by atoms with Crippen molar-refractivity contribution in [2.45, 2.75) is 152 Å². The van der Waals surface area contributed by atoms with Gasteiger partial charge in [-0.2, -0.15) is 8.61 Å². The number of hydrogen-bond acceptors (Lipinski definition) is 12. The highest BCUT2D eigenvalue weighted by molar-refractivity contribution is 7.88. The largest absolute Gasteiger partial charge is 0.347 e. The van der Waals surface area contributed by atoms with Crippen molar-refractivity contribution in [1.82, 2.24) is 50.3 Å². The van der Waals surface area contributed by atoms with Gasteiger partial charge in [0.15, 0.2) is 0 Å². The van der Waals surface area contributed by atoms with E-state index in [0.717, 1.165) is 87.8 Å². The van der Waals surface area contributed by atoms with Crippen LogP contribution in [0.1, 0.15) is 123 Å². The van der Waals surface area contributed by atoms with E-state index in [4.69, 9.17) is 0 Å². The van der Waals surface area contributed by atoms with Gasteiger partial charge in [-0.3, -0.25) is 28.8 Å². The standard InChI is InChI=1S/C60H88N10O10S2/c1-41(61-3)55(71)65-53(45-23-15-9-16-24-45)59(75)69-37-49(35-51(69)39-67(81(5,77)78)33-31-43-19-11-7-12-20-43)63-57(73)47-27-29-48(30-28-47)58(74)64-50-36-52(40-68(82(6,79)80)34-32-44-21-13-8-14-22-44)70(38-50)60(76)54(46-25-17-10-18-26-46)66-56(72)42(2)62-4/h7-8,11-14,19-22,27-30,41-42,45-46,49-54,61-62H,9-10,15-18,23-26,31-40H2,1-6H3,(H,63,73)(H,64,74)(H,65,71)(H,66,72)/t41-,42-,49-,50-,51-,52-,53-,54-/m0/s1. The summed E-state index contributed by atoms with van der Waals surface area (Å²) in [5.74, 6) is -2.44. The van der Waals surface area contributed by atoms with Gasteiger partial charge in [0.1, 0.15) is 12.1 Å². The first-order valence-electron chi connectivity index (χ1n) is 29.4. The SMILES string of the molecule is CN[C@@H](C)C(=O)N[C@H](C(=O)N1C[C@@H](NC(=O)c2ccc(C(=O)N[C@H]3C[C@@H](CN(CCc4ccccc4)S(C)(=O)=O)N(C(=O)[C@@H](NC(=O)[C@H](C)NC)C4CCCCC4)C3)cc2)C[C@H]1CN(CCc1ccccc1)S(C)(=O)=O)C1CCCCC1. The molecule has 4 aliphatic rings. The third-order valence-electron chi connectivity index (χ3n) is 17.2. The lowest BCUT2D eigenvalue weighted by molar-refractivity contribution is -0.139. The molecular weight excluding hydrogens is 1080 g/mol. The molecule has 0 spiro atoms. The monoisotopic (exact) mass is 1170 g/mol. The number of amides is 6. The van der Waals surface area contributed by atoms with Gasteiger partial charge in [0, 0.05) is 74.6 Å². The van der Waals surface area contributed by atoms with Crippen LogP contribution in [0.5, 0.6) is 0 Å². The number of carbonyl (C=O) groups excluding carboxylic acids is 6. The summed E-state index contributed by atoms with van der Waals surface area (Å²) in [7, 11) is -4.16. The molecule has 2 aliphatic carbocycles. The molecule has 2 saturated carbocycles. The maximum absolute atomic E-state index is 14.9. The zero-order chi connectivity index (χ0) is 59.1. The zero-order valence-electron chi connectivity index (χ0n) is 48.7. The Morgan fingerprint density at radius 3 is 1.18 bits per heavy atom. The van der Waals surface area contributed by atoms with E-state index in [0.29, 0.717) is 12.8 Å². The molecule has 6 N–H and O–H groups in total. The van der Waals surface area contributed by atoms with E-state index < -0.39 is 80.2 Å². The molecule has 450 valence electrons. The number of benzene rings is 3. The Bertz CT molecular complexity index is 2660. The van der Waals surface area contributed by atoms with Crippen LogP contribution in [0.25, 0.3) is 0 Å². The van der Waals surface area contributed by atoms with Crippen LogP contribution in [0, 0.1) is 11.8 Å². The van der Waals surface area contributed by atoms with Crippen LogP contribution in [0.15, 0.2) is 84.9 Å². The molecule has 0 aromatic heterocycles. The predicted molar refractivity (Wildman–Crippen MR) is 316 cm³/mol. The van der Waals surface area contributed by atoms with E-state index in [-0.39, 0.29) is 98.7 Å². The average molecular weight is 1170 g/mol. The summed E-state index contributed by atoms with van der Waals surface area (Å²) in [6.45, 7) is 3.90. The van der Waals surface area contributed by atoms with Gasteiger partial charge in [-0.1, -0.05) is 99.2 Å². The van der Waals surface area contributed by atoms with Crippen LogP contribution in [0.4, 0.5) is 0 Å². The van der Waals surface area contributed by atoms with Crippen LogP contribution in [-0.2, 0) is 52.1 Å². The number of likely N-dealkylation sites (tertiary alicyclic amines) is 2. The van der Waals surface area contributed by atoms with Crippen molar-refractivity contribution in [2.24, 2.45) is 11.8 Å². The number of rotatable bonds is 26. The Balaban J connectivity index is 1.08. The van der Waals surface area contributed by atoms with Crippen LogP contribution < -0.4 is 31.9 Å². The topological polar surface area (TPSA) is 256 Å². The van der Waals surface area contributed by atoms with Gasteiger partial charge in [-0.15, -0.1) is 0 Å². The summed E-state index contributed by atoms with van der Waals surface area (Å²) in [4.78, 5) is 88.3. The Kier molecular flexibility index (Phi) is 23.1. The van der Waals surface area contributed by atoms with Crippen LogP contribution >= 0.6 is 0 Å². The highest BCUT2D eigenvalue weighted by atomic mass is 32.2. The van der Waals surface area contributed by atoms with E-state index in [9.17, 15) is 45.6 Å². The van der Waals surface area contributed by atoms with E-state index >= 15 is 0 Å². The number of carbonyl (C=O) groups is 6. The number of likely N-dealkylation sites (N-methyl/N-ethyl adjacent to an activating group) is 2. The fourth-order valence-corrected chi connectivity index (χ4v) is 13.9. The van der Waals surface area contributed by atoms with Crippen LogP contribution in [-0.4, -0.2) is 185 Å². The zero-order valence-corrected chi connectivity index (χ0v) is 50.3. The van der Waals surface area contributed by atoms with Crippen molar-refractivity contribution in [3.8, 4) is 0 Å². The second kappa shape index (κ2) is 29.6. The molecule has 0 radical (unpaired) electrons. The maximum atomic E-state index is 14.9. The number of nitrogens with zero attached hydrogens (tertiary/aromatic N) is 4. The Hall–Kier alpha value is -5.78. The molecule has 0 unspecified atom stereocenters. The molecule has 6 amide bonds. The van der Waals surface area contributed by atoms with E-state index in [2.05, 4.69) is 31.9 Å². The van der Waals surface area contributed by atoms with Gasteiger partial charge in [0.25, 0.3) is 11.8 Å². The second-order valence-electron chi connectivity index (χ2n) is 23.2. The minimum absolute atomic E-state index is 0.0165. The molecule has 2 saturated heterocycles. The van der Waals surface area contributed by atoms with Crippen molar-refractivity contribution >= 4 is 55.5 Å². The third-order valence-corrected chi connectivity index (χ3v) is 19.8. The Morgan fingerprint density at radius 2 is 0.866 bits per heavy atom. The highest BCUT2D eigenvalue weighted by Gasteiger charge is 2.45. The smallest absolute Gasteiger partial charge is 0.251 e. The lowest BCUT2D eigenvalue weighted by Gasteiger charge is -2.36. The van der Waals surface area contributed by atoms with Crippen molar-refractivity contribution in [3.63, 3.8) is 0 Å². The molecule has 0 bridgehead atoms. The molecule has 20 nitrogen and oxygen atoms in total. The fraction of sp³-hybridized carbons (Fsp3) is 0.600. The molecule has 8 atom stereocenters. The number of nitrogens with one attached hydrogen (secondary N) is 6. The summed E-state index contributed by atoms with van der Waals surface area (Å²) in [6.07, 6.45) is 12.4. The van der Waals surface area contributed by atoms with Crippen molar-refractivity contribution < 1.29 is 45.6 Å². The van der Waals surface area contributed by atoms with Gasteiger partial charge >= 0.3 is 0 Å². The highest BCUT2D eigenvalue weighted by Crippen LogP contribution is 2.32. The molecule has 22 heteroatoms. The fourth-order valence-electron chi connectivity index (χ4n) is 12.2. The first-order valence-corrected chi connectivity index (χ1v) is 33.1. The van der Waals surface area contributed by atoms with Gasteiger partial charge in [0.2, 0.25) is 43.7 Å².